The van der Waals surface area contributed by atoms with Crippen LogP contribution >= 0.6 is 0 Å². The lowest BCUT2D eigenvalue weighted by atomic mass is 9.99. The highest BCUT2D eigenvalue weighted by molar-refractivity contribution is 5.26. The van der Waals surface area contributed by atoms with Gasteiger partial charge >= 0.3 is 0 Å². The van der Waals surface area contributed by atoms with Gasteiger partial charge in [0.2, 0.25) is 5.88 Å². The Labute approximate surface area is 124 Å². The van der Waals surface area contributed by atoms with Gasteiger partial charge in [0.1, 0.15) is 0 Å². The lowest BCUT2D eigenvalue weighted by Gasteiger charge is -2.14. The molecule has 0 amide bonds. The molecule has 0 spiro atoms. The highest BCUT2D eigenvalue weighted by Crippen LogP contribution is 2.18. The van der Waals surface area contributed by atoms with Crippen LogP contribution in [-0.2, 0) is 6.54 Å². The topological polar surface area (TPSA) is 70.1 Å². The number of aromatic nitrogens is 2. The van der Waals surface area contributed by atoms with Crippen LogP contribution in [0.5, 0.6) is 5.88 Å². The quantitative estimate of drug-likeness (QED) is 0.914. The van der Waals surface area contributed by atoms with Crippen molar-refractivity contribution in [2.75, 3.05) is 7.11 Å². The van der Waals surface area contributed by atoms with Crippen LogP contribution in [0.25, 0.3) is 0 Å². The Morgan fingerprint density at radius 2 is 1.76 bits per heavy atom. The summed E-state index contributed by atoms with van der Waals surface area (Å²) in [6.07, 6.45) is 0. The van der Waals surface area contributed by atoms with E-state index in [4.69, 9.17) is 10.5 Å². The summed E-state index contributed by atoms with van der Waals surface area (Å²) in [6, 6.07) is 10.8. The zero-order valence-corrected chi connectivity index (χ0v) is 12.6. The van der Waals surface area contributed by atoms with Gasteiger partial charge in [0.15, 0.2) is 0 Å². The van der Waals surface area contributed by atoms with Crippen LogP contribution in [0.4, 0.5) is 0 Å². The Kier molecular flexibility index (Phi) is 4.75. The lowest BCUT2D eigenvalue weighted by Crippen LogP contribution is -2.28. The minimum absolute atomic E-state index is 0.190. The Balaban J connectivity index is 2.17. The molecule has 5 heteroatoms. The first kappa shape index (κ1) is 15.3. The van der Waals surface area contributed by atoms with Gasteiger partial charge < -0.3 is 10.5 Å². The average molecular weight is 287 g/mol. The Bertz CT molecular complexity index is 647. The van der Waals surface area contributed by atoms with Crippen LogP contribution in [0.1, 0.15) is 36.9 Å². The molecule has 21 heavy (non-hydrogen) atoms. The number of hydrogen-bond acceptors (Lipinski definition) is 4. The normalized spacial score (nSPS) is 12.4. The standard InChI is InChI=1S/C16H21N3O2/c1-11(2)12-4-6-13(7-5-12)14(17)10-19-16(20)9-8-15(18-19)21-3/h4-9,11,14H,10,17H2,1-3H3. The number of methoxy groups -OCH3 is 1. The van der Waals surface area contributed by atoms with E-state index in [1.54, 1.807) is 6.07 Å². The zero-order chi connectivity index (χ0) is 15.4. The number of hydrogen-bond donors (Lipinski definition) is 1. The molecule has 2 rings (SSSR count). The van der Waals surface area contributed by atoms with Crippen molar-refractivity contribution in [3.8, 4) is 5.88 Å². The van der Waals surface area contributed by atoms with Crippen molar-refractivity contribution < 1.29 is 4.74 Å². The summed E-state index contributed by atoms with van der Waals surface area (Å²) in [6.45, 7) is 4.61. The predicted octanol–water partition coefficient (Wildman–Crippen LogP) is 2.08. The summed E-state index contributed by atoms with van der Waals surface area (Å²) >= 11 is 0. The minimum Gasteiger partial charge on any atom is -0.480 e. The molecule has 0 saturated heterocycles. The maximum Gasteiger partial charge on any atom is 0.267 e. The Morgan fingerprint density at radius 1 is 1.14 bits per heavy atom. The molecule has 1 aromatic carbocycles. The SMILES string of the molecule is COc1ccc(=O)n(CC(N)c2ccc(C(C)C)cc2)n1. The summed E-state index contributed by atoms with van der Waals surface area (Å²) in [5.41, 5.74) is 8.23. The van der Waals surface area contributed by atoms with Gasteiger partial charge in [0.05, 0.1) is 13.7 Å². The summed E-state index contributed by atoms with van der Waals surface area (Å²) in [7, 11) is 1.52. The summed E-state index contributed by atoms with van der Waals surface area (Å²) in [5, 5.41) is 4.10. The third-order valence-corrected chi connectivity index (χ3v) is 3.45. The predicted molar refractivity (Wildman–Crippen MR) is 82.5 cm³/mol. The number of benzene rings is 1. The highest BCUT2D eigenvalue weighted by Gasteiger charge is 2.10. The molecule has 0 saturated carbocycles. The summed E-state index contributed by atoms with van der Waals surface area (Å²) in [4.78, 5) is 11.8. The van der Waals surface area contributed by atoms with E-state index < -0.39 is 0 Å². The molecule has 0 aliphatic rings. The molecule has 0 radical (unpaired) electrons. The van der Waals surface area contributed by atoms with Crippen LogP contribution in [0.2, 0.25) is 0 Å². The second-order valence-corrected chi connectivity index (χ2v) is 5.32. The zero-order valence-electron chi connectivity index (χ0n) is 12.6. The number of nitrogens with two attached hydrogens (primary N) is 1. The number of ether oxygens (including phenoxy) is 1. The molecule has 1 aromatic heterocycles. The van der Waals surface area contributed by atoms with E-state index in [1.807, 2.05) is 12.1 Å². The molecule has 1 heterocycles. The molecule has 0 aliphatic carbocycles. The van der Waals surface area contributed by atoms with E-state index in [1.165, 1.54) is 23.4 Å². The van der Waals surface area contributed by atoms with Crippen molar-refractivity contribution in [3.05, 3.63) is 57.9 Å². The Hall–Kier alpha value is -2.14. The van der Waals surface area contributed by atoms with Crippen LogP contribution in [-0.4, -0.2) is 16.9 Å². The van der Waals surface area contributed by atoms with Gasteiger partial charge in [-0.3, -0.25) is 4.79 Å². The fourth-order valence-corrected chi connectivity index (χ4v) is 2.09. The van der Waals surface area contributed by atoms with Crippen molar-refractivity contribution in [1.29, 1.82) is 0 Å². The van der Waals surface area contributed by atoms with Crippen molar-refractivity contribution in [3.63, 3.8) is 0 Å². The van der Waals surface area contributed by atoms with E-state index >= 15 is 0 Å². The molecule has 1 unspecified atom stereocenters. The Morgan fingerprint density at radius 3 is 2.33 bits per heavy atom. The van der Waals surface area contributed by atoms with E-state index in [2.05, 4.69) is 31.1 Å². The minimum atomic E-state index is -0.288. The molecule has 112 valence electrons. The third-order valence-electron chi connectivity index (χ3n) is 3.45. The molecular weight excluding hydrogens is 266 g/mol. The fraction of sp³-hybridized carbons (Fsp3) is 0.375. The second-order valence-electron chi connectivity index (χ2n) is 5.32. The van der Waals surface area contributed by atoms with Gasteiger partial charge in [-0.05, 0) is 17.0 Å². The molecule has 0 bridgehead atoms. The van der Waals surface area contributed by atoms with E-state index in [0.29, 0.717) is 18.3 Å². The first-order valence-corrected chi connectivity index (χ1v) is 6.99. The fourth-order valence-electron chi connectivity index (χ4n) is 2.09. The molecule has 2 N–H and O–H groups in total. The largest absolute Gasteiger partial charge is 0.480 e. The smallest absolute Gasteiger partial charge is 0.267 e. The van der Waals surface area contributed by atoms with Crippen LogP contribution < -0.4 is 16.0 Å². The van der Waals surface area contributed by atoms with Crippen LogP contribution in [0, 0.1) is 0 Å². The first-order chi connectivity index (χ1) is 10.0. The van der Waals surface area contributed by atoms with E-state index in [9.17, 15) is 4.79 Å². The maximum absolute atomic E-state index is 11.8. The van der Waals surface area contributed by atoms with Crippen molar-refractivity contribution in [1.82, 2.24) is 9.78 Å². The average Bonchev–Trinajstić information content (AvgIpc) is 2.49. The molecular formula is C16H21N3O2. The molecule has 2 aromatic rings. The molecule has 1 atom stereocenters. The van der Waals surface area contributed by atoms with Gasteiger partial charge in [-0.1, -0.05) is 38.1 Å². The van der Waals surface area contributed by atoms with Crippen LogP contribution in [0.15, 0.2) is 41.2 Å². The monoisotopic (exact) mass is 287 g/mol. The lowest BCUT2D eigenvalue weighted by molar-refractivity contribution is 0.370. The maximum atomic E-state index is 11.8. The van der Waals surface area contributed by atoms with E-state index in [0.717, 1.165) is 5.56 Å². The van der Waals surface area contributed by atoms with Gasteiger partial charge in [0.25, 0.3) is 5.56 Å². The van der Waals surface area contributed by atoms with Crippen molar-refractivity contribution >= 4 is 0 Å². The first-order valence-electron chi connectivity index (χ1n) is 6.99. The summed E-state index contributed by atoms with van der Waals surface area (Å²) in [5.74, 6) is 0.884. The molecule has 0 aliphatic heterocycles. The van der Waals surface area contributed by atoms with Gasteiger partial charge in [-0.2, -0.15) is 0 Å². The summed E-state index contributed by atoms with van der Waals surface area (Å²) < 4.78 is 6.36. The number of rotatable bonds is 5. The number of nitrogens with zero attached hydrogens (tertiary/aromatic N) is 2. The second kappa shape index (κ2) is 6.54. The van der Waals surface area contributed by atoms with Gasteiger partial charge in [0, 0.05) is 18.2 Å². The van der Waals surface area contributed by atoms with Crippen LogP contribution in [0.3, 0.4) is 0 Å². The highest BCUT2D eigenvalue weighted by atomic mass is 16.5. The van der Waals surface area contributed by atoms with Crippen molar-refractivity contribution in [2.45, 2.75) is 32.4 Å². The van der Waals surface area contributed by atoms with Gasteiger partial charge in [-0.15, -0.1) is 5.10 Å². The third kappa shape index (κ3) is 3.70. The van der Waals surface area contributed by atoms with Crippen molar-refractivity contribution in [2.24, 2.45) is 5.73 Å². The molecule has 5 nitrogen and oxygen atoms in total. The molecule has 0 fully saturated rings. The van der Waals surface area contributed by atoms with E-state index in [-0.39, 0.29) is 11.6 Å². The van der Waals surface area contributed by atoms with Gasteiger partial charge in [-0.25, -0.2) is 4.68 Å².